The van der Waals surface area contributed by atoms with Gasteiger partial charge in [0.25, 0.3) is 0 Å². The summed E-state index contributed by atoms with van der Waals surface area (Å²) < 4.78 is 42.7. The van der Waals surface area contributed by atoms with E-state index < -0.39 is 11.7 Å². The lowest BCUT2D eigenvalue weighted by Gasteiger charge is -2.14. The minimum atomic E-state index is -4.47. The number of benzene rings is 1. The molecule has 0 saturated heterocycles. The van der Waals surface area contributed by atoms with Gasteiger partial charge in [-0.25, -0.2) is 4.98 Å². The van der Waals surface area contributed by atoms with E-state index in [4.69, 9.17) is 0 Å². The Balaban J connectivity index is 1.57. The zero-order valence-electron chi connectivity index (χ0n) is 14.8. The van der Waals surface area contributed by atoms with Crippen LogP contribution < -0.4 is 5.32 Å². The van der Waals surface area contributed by atoms with Crippen molar-refractivity contribution in [2.75, 3.05) is 5.32 Å². The maximum absolute atomic E-state index is 13.5. The third-order valence-corrected chi connectivity index (χ3v) is 5.73. The van der Waals surface area contributed by atoms with Crippen molar-refractivity contribution in [3.8, 4) is 17.1 Å². The SMILES string of the molecule is O=C(Nc1nc2[nH]nc(-n3cccc3-c3ccccc3C(F)(F)F)c2s1)C1CC1. The summed E-state index contributed by atoms with van der Waals surface area (Å²) >= 11 is 1.24. The van der Waals surface area contributed by atoms with Crippen LogP contribution in [-0.4, -0.2) is 25.7 Å². The normalized spacial score (nSPS) is 14.4. The highest BCUT2D eigenvalue weighted by atomic mass is 32.1. The first kappa shape index (κ1) is 17.9. The average Bonchev–Trinajstić information content (AvgIpc) is 3.11. The van der Waals surface area contributed by atoms with Crippen LogP contribution in [0.15, 0.2) is 42.6 Å². The van der Waals surface area contributed by atoms with Crippen LogP contribution in [0.1, 0.15) is 18.4 Å². The maximum Gasteiger partial charge on any atom is 0.417 e. The van der Waals surface area contributed by atoms with Gasteiger partial charge in [0, 0.05) is 17.7 Å². The number of thiazole rings is 1. The van der Waals surface area contributed by atoms with Gasteiger partial charge in [0.1, 0.15) is 4.70 Å². The predicted octanol–water partition coefficient (Wildman–Crippen LogP) is 4.84. The van der Waals surface area contributed by atoms with Gasteiger partial charge < -0.3 is 5.32 Å². The van der Waals surface area contributed by atoms with Crippen molar-refractivity contribution < 1.29 is 18.0 Å². The second kappa shape index (κ2) is 6.45. The number of amides is 1. The molecular formula is C19H14F3N5OS. The molecule has 29 heavy (non-hydrogen) atoms. The van der Waals surface area contributed by atoms with Crippen LogP contribution in [0.3, 0.4) is 0 Å². The van der Waals surface area contributed by atoms with Crippen LogP contribution >= 0.6 is 11.3 Å². The van der Waals surface area contributed by atoms with Crippen molar-refractivity contribution in [1.82, 2.24) is 19.7 Å². The van der Waals surface area contributed by atoms with Gasteiger partial charge in [0.15, 0.2) is 16.6 Å². The van der Waals surface area contributed by atoms with E-state index in [1.54, 1.807) is 29.0 Å². The Bertz CT molecular complexity index is 1220. The van der Waals surface area contributed by atoms with Gasteiger partial charge in [-0.1, -0.05) is 29.5 Å². The number of aromatic amines is 1. The largest absolute Gasteiger partial charge is 0.417 e. The van der Waals surface area contributed by atoms with Gasteiger partial charge >= 0.3 is 6.18 Å². The van der Waals surface area contributed by atoms with Crippen molar-refractivity contribution in [2.45, 2.75) is 19.0 Å². The molecule has 0 aliphatic heterocycles. The number of nitrogens with one attached hydrogen (secondary N) is 2. The van der Waals surface area contributed by atoms with Gasteiger partial charge in [0.2, 0.25) is 5.91 Å². The van der Waals surface area contributed by atoms with Crippen molar-refractivity contribution >= 4 is 32.7 Å². The van der Waals surface area contributed by atoms with E-state index in [2.05, 4.69) is 20.5 Å². The van der Waals surface area contributed by atoms with Crippen LogP contribution in [0.4, 0.5) is 18.3 Å². The number of fused-ring (bicyclic) bond motifs is 1. The minimum absolute atomic E-state index is 0.0461. The monoisotopic (exact) mass is 417 g/mol. The summed E-state index contributed by atoms with van der Waals surface area (Å²) in [5.74, 6) is 0.419. The van der Waals surface area contributed by atoms with E-state index in [1.165, 1.54) is 23.5 Å². The van der Waals surface area contributed by atoms with Crippen LogP contribution in [0.5, 0.6) is 0 Å². The summed E-state index contributed by atoms with van der Waals surface area (Å²) in [5, 5.41) is 10.3. The van der Waals surface area contributed by atoms with E-state index in [0.29, 0.717) is 27.0 Å². The first-order valence-electron chi connectivity index (χ1n) is 8.92. The zero-order valence-corrected chi connectivity index (χ0v) is 15.6. The zero-order chi connectivity index (χ0) is 20.2. The van der Waals surface area contributed by atoms with E-state index in [1.807, 2.05) is 0 Å². The quantitative estimate of drug-likeness (QED) is 0.499. The fraction of sp³-hybridized carbons (Fsp3) is 0.211. The van der Waals surface area contributed by atoms with Crippen molar-refractivity contribution in [2.24, 2.45) is 5.92 Å². The smallest absolute Gasteiger partial charge is 0.302 e. The minimum Gasteiger partial charge on any atom is -0.302 e. The van der Waals surface area contributed by atoms with Crippen LogP contribution in [0, 0.1) is 5.92 Å². The van der Waals surface area contributed by atoms with Crippen LogP contribution in [0.25, 0.3) is 27.4 Å². The highest BCUT2D eigenvalue weighted by Crippen LogP contribution is 2.39. The number of carbonyl (C=O) groups is 1. The molecule has 5 rings (SSSR count). The molecule has 4 aromatic rings. The van der Waals surface area contributed by atoms with Gasteiger partial charge in [-0.15, -0.1) is 0 Å². The fourth-order valence-corrected chi connectivity index (χ4v) is 4.12. The lowest BCUT2D eigenvalue weighted by molar-refractivity contribution is -0.137. The number of hydrogen-bond acceptors (Lipinski definition) is 4. The molecule has 0 bridgehead atoms. The molecule has 1 aliphatic rings. The second-order valence-electron chi connectivity index (χ2n) is 6.81. The van der Waals surface area contributed by atoms with Gasteiger partial charge in [-0.3, -0.25) is 14.5 Å². The van der Waals surface area contributed by atoms with Gasteiger partial charge in [-0.05, 0) is 31.0 Å². The molecule has 6 nitrogen and oxygen atoms in total. The average molecular weight is 417 g/mol. The third kappa shape index (κ3) is 3.19. The number of aromatic nitrogens is 4. The third-order valence-electron chi connectivity index (χ3n) is 4.76. The topological polar surface area (TPSA) is 75.6 Å². The van der Waals surface area contributed by atoms with E-state index >= 15 is 0 Å². The molecule has 1 aliphatic carbocycles. The molecule has 1 aromatic carbocycles. The number of rotatable bonds is 4. The number of anilines is 1. The molecule has 0 spiro atoms. The molecule has 1 amide bonds. The molecule has 1 saturated carbocycles. The van der Waals surface area contributed by atoms with Gasteiger partial charge in [-0.2, -0.15) is 18.3 Å². The summed E-state index contributed by atoms with van der Waals surface area (Å²) in [5.41, 5.74) is 0.185. The molecular weight excluding hydrogens is 403 g/mol. The molecule has 148 valence electrons. The van der Waals surface area contributed by atoms with E-state index in [9.17, 15) is 18.0 Å². The van der Waals surface area contributed by atoms with E-state index in [-0.39, 0.29) is 17.4 Å². The molecule has 0 radical (unpaired) electrons. The second-order valence-corrected chi connectivity index (χ2v) is 7.81. The fourth-order valence-electron chi connectivity index (χ4n) is 3.21. The Morgan fingerprint density at radius 1 is 1.21 bits per heavy atom. The lowest BCUT2D eigenvalue weighted by Crippen LogP contribution is -2.12. The summed E-state index contributed by atoms with van der Waals surface area (Å²) in [4.78, 5) is 16.3. The van der Waals surface area contributed by atoms with Crippen LogP contribution in [0.2, 0.25) is 0 Å². The Labute approximate surface area is 166 Å². The standard InChI is InChI=1S/C19H14F3N5OS/c20-19(21,22)12-5-2-1-4-11(12)13-6-3-9-27(13)16-14-15(25-26-16)23-18(29-14)24-17(28)10-7-8-10/h1-6,9-10H,7-8H2,(H2,23,24,25,26,28). The van der Waals surface area contributed by atoms with Crippen molar-refractivity contribution in [1.29, 1.82) is 0 Å². The number of halogens is 3. The molecule has 2 N–H and O–H groups in total. The number of H-pyrrole nitrogens is 1. The number of hydrogen-bond donors (Lipinski definition) is 2. The summed E-state index contributed by atoms with van der Waals surface area (Å²) in [6.45, 7) is 0. The first-order valence-corrected chi connectivity index (χ1v) is 9.73. The highest BCUT2D eigenvalue weighted by Gasteiger charge is 2.34. The number of alkyl halides is 3. The Morgan fingerprint density at radius 3 is 2.76 bits per heavy atom. The predicted molar refractivity (Wildman–Crippen MR) is 103 cm³/mol. The highest BCUT2D eigenvalue weighted by molar-refractivity contribution is 7.22. The Morgan fingerprint density at radius 2 is 2.00 bits per heavy atom. The Kier molecular flexibility index (Phi) is 3.98. The number of nitrogens with zero attached hydrogens (tertiary/aromatic N) is 3. The van der Waals surface area contributed by atoms with Gasteiger partial charge in [0.05, 0.1) is 11.3 Å². The molecule has 0 unspecified atom stereocenters. The summed E-state index contributed by atoms with van der Waals surface area (Å²) in [7, 11) is 0. The first-order chi connectivity index (χ1) is 13.9. The molecule has 3 heterocycles. The Hall–Kier alpha value is -3.14. The van der Waals surface area contributed by atoms with E-state index in [0.717, 1.165) is 18.9 Å². The maximum atomic E-state index is 13.5. The van der Waals surface area contributed by atoms with Crippen LogP contribution in [-0.2, 0) is 11.0 Å². The molecule has 10 heteroatoms. The molecule has 1 fully saturated rings. The molecule has 3 aromatic heterocycles. The van der Waals surface area contributed by atoms with Crippen molar-refractivity contribution in [3.05, 3.63) is 48.2 Å². The molecule has 0 atom stereocenters. The lowest BCUT2D eigenvalue weighted by atomic mass is 10.0. The van der Waals surface area contributed by atoms with Crippen molar-refractivity contribution in [3.63, 3.8) is 0 Å². The summed E-state index contributed by atoms with van der Waals surface area (Å²) in [6, 6.07) is 8.71. The summed E-state index contributed by atoms with van der Waals surface area (Å²) in [6.07, 6.45) is -1.06. The number of carbonyl (C=O) groups excluding carboxylic acids is 1.